The molecule has 30 heavy (non-hydrogen) atoms. The molecule has 3 aromatic rings. The van der Waals surface area contributed by atoms with Crippen molar-refractivity contribution in [2.24, 2.45) is 0 Å². The Bertz CT molecular complexity index is 1160. The fourth-order valence-electron chi connectivity index (χ4n) is 2.85. The van der Waals surface area contributed by atoms with E-state index in [1.54, 1.807) is 19.1 Å². The maximum Gasteiger partial charge on any atom is 0.267 e. The fourth-order valence-corrected chi connectivity index (χ4v) is 2.85. The molecule has 0 aliphatic heterocycles. The highest BCUT2D eigenvalue weighted by molar-refractivity contribution is 5.93. The van der Waals surface area contributed by atoms with Crippen LogP contribution < -0.4 is 16.2 Å². The van der Waals surface area contributed by atoms with Gasteiger partial charge in [-0.3, -0.25) is 14.4 Å². The van der Waals surface area contributed by atoms with Gasteiger partial charge in [0.15, 0.2) is 0 Å². The molecular formula is C22H21FN4O3. The Hall–Kier alpha value is -3.81. The second-order valence-corrected chi connectivity index (χ2v) is 6.88. The lowest BCUT2D eigenvalue weighted by Crippen LogP contribution is -2.33. The highest BCUT2D eigenvalue weighted by Crippen LogP contribution is 2.24. The molecule has 1 aromatic heterocycles. The summed E-state index contributed by atoms with van der Waals surface area (Å²) in [6, 6.07) is 12.7. The minimum Gasteiger partial charge on any atom is -0.326 e. The molecule has 0 fully saturated rings. The van der Waals surface area contributed by atoms with Crippen molar-refractivity contribution in [3.05, 3.63) is 76.3 Å². The highest BCUT2D eigenvalue weighted by Gasteiger charge is 2.18. The summed E-state index contributed by atoms with van der Waals surface area (Å²) in [5.41, 5.74) is 2.66. The molecule has 3 rings (SSSR count). The zero-order valence-electron chi connectivity index (χ0n) is 16.8. The number of carbonyl (C=O) groups excluding carboxylic acids is 2. The number of rotatable bonds is 5. The maximum absolute atomic E-state index is 13.0. The minimum absolute atomic E-state index is 0.195. The number of anilines is 2. The monoisotopic (exact) mass is 408 g/mol. The minimum atomic E-state index is -0.900. The first-order valence-electron chi connectivity index (χ1n) is 9.29. The van der Waals surface area contributed by atoms with Crippen LogP contribution in [0.4, 0.5) is 15.8 Å². The lowest BCUT2D eigenvalue weighted by Gasteiger charge is -2.15. The third kappa shape index (κ3) is 4.78. The van der Waals surface area contributed by atoms with Crippen molar-refractivity contribution in [1.29, 1.82) is 0 Å². The second-order valence-electron chi connectivity index (χ2n) is 6.88. The van der Waals surface area contributed by atoms with Crippen LogP contribution in [0.5, 0.6) is 0 Å². The Labute approximate surface area is 172 Å². The summed E-state index contributed by atoms with van der Waals surface area (Å²) in [7, 11) is 0. The molecule has 8 heteroatoms. The molecular weight excluding hydrogens is 387 g/mol. The van der Waals surface area contributed by atoms with Crippen LogP contribution in [0.2, 0.25) is 0 Å². The van der Waals surface area contributed by atoms with Gasteiger partial charge in [-0.05, 0) is 55.8 Å². The molecule has 2 aromatic carbocycles. The van der Waals surface area contributed by atoms with Crippen molar-refractivity contribution >= 4 is 23.2 Å². The van der Waals surface area contributed by atoms with Crippen molar-refractivity contribution in [3.63, 3.8) is 0 Å². The van der Waals surface area contributed by atoms with Crippen LogP contribution >= 0.6 is 0 Å². The summed E-state index contributed by atoms with van der Waals surface area (Å²) >= 11 is 0. The number of nitrogens with one attached hydrogen (secondary N) is 2. The van der Waals surface area contributed by atoms with Crippen LogP contribution in [0.1, 0.15) is 25.5 Å². The fraction of sp³-hybridized carbons (Fsp3) is 0.182. The lowest BCUT2D eigenvalue weighted by molar-refractivity contribution is -0.119. The number of amides is 2. The third-order valence-corrected chi connectivity index (χ3v) is 4.53. The zero-order valence-corrected chi connectivity index (χ0v) is 16.8. The molecule has 0 saturated carbocycles. The smallest absolute Gasteiger partial charge is 0.267 e. The first-order valence-corrected chi connectivity index (χ1v) is 9.29. The topological polar surface area (TPSA) is 93.1 Å². The van der Waals surface area contributed by atoms with Gasteiger partial charge >= 0.3 is 0 Å². The van der Waals surface area contributed by atoms with E-state index in [1.165, 1.54) is 37.3 Å². The Balaban J connectivity index is 1.89. The average Bonchev–Trinajstić information content (AvgIpc) is 2.71. The number of benzene rings is 2. The molecule has 0 aliphatic carbocycles. The predicted octanol–water partition coefficient (Wildman–Crippen LogP) is 3.52. The van der Waals surface area contributed by atoms with E-state index in [9.17, 15) is 18.8 Å². The van der Waals surface area contributed by atoms with Crippen LogP contribution in [0.3, 0.4) is 0 Å². The molecule has 0 spiro atoms. The van der Waals surface area contributed by atoms with Gasteiger partial charge in [0.2, 0.25) is 11.8 Å². The number of aryl methyl sites for hydroxylation is 1. The first kappa shape index (κ1) is 20.9. The summed E-state index contributed by atoms with van der Waals surface area (Å²) in [6.45, 7) is 4.84. The summed E-state index contributed by atoms with van der Waals surface area (Å²) in [5.74, 6) is -1.07. The van der Waals surface area contributed by atoms with Crippen LogP contribution in [0.25, 0.3) is 11.3 Å². The van der Waals surface area contributed by atoms with Gasteiger partial charge < -0.3 is 10.6 Å². The van der Waals surface area contributed by atoms with Gasteiger partial charge in [-0.25, -0.2) is 9.07 Å². The average molecular weight is 408 g/mol. The summed E-state index contributed by atoms with van der Waals surface area (Å²) in [6.07, 6.45) is 0. The van der Waals surface area contributed by atoms with Gasteiger partial charge in [0, 0.05) is 29.9 Å². The van der Waals surface area contributed by atoms with E-state index >= 15 is 0 Å². The number of aromatic nitrogens is 2. The van der Waals surface area contributed by atoms with E-state index < -0.39 is 23.3 Å². The molecule has 2 N–H and O–H groups in total. The maximum atomic E-state index is 13.0. The molecule has 0 radical (unpaired) electrons. The van der Waals surface area contributed by atoms with Gasteiger partial charge in [0.05, 0.1) is 5.69 Å². The molecule has 2 amide bonds. The van der Waals surface area contributed by atoms with E-state index in [2.05, 4.69) is 15.7 Å². The van der Waals surface area contributed by atoms with E-state index in [0.717, 1.165) is 10.2 Å². The lowest BCUT2D eigenvalue weighted by atomic mass is 10.1. The van der Waals surface area contributed by atoms with E-state index in [0.29, 0.717) is 22.6 Å². The Morgan fingerprint density at radius 3 is 2.40 bits per heavy atom. The van der Waals surface area contributed by atoms with Crippen molar-refractivity contribution < 1.29 is 14.0 Å². The van der Waals surface area contributed by atoms with Crippen molar-refractivity contribution in [2.45, 2.75) is 26.8 Å². The summed E-state index contributed by atoms with van der Waals surface area (Å²) in [4.78, 5) is 36.3. The number of carbonyl (C=O) groups is 2. The highest BCUT2D eigenvalue weighted by atomic mass is 19.1. The molecule has 0 aliphatic rings. The predicted molar refractivity (Wildman–Crippen MR) is 113 cm³/mol. The van der Waals surface area contributed by atoms with Crippen LogP contribution in [0.15, 0.2) is 59.4 Å². The summed E-state index contributed by atoms with van der Waals surface area (Å²) in [5, 5.41) is 9.73. The SMILES string of the molecule is CC(=O)Nc1cc(-c2ccc(=O)n([C@@H](C)C(=O)Nc3ccc(F)cc3)n2)ccc1C. The van der Waals surface area contributed by atoms with Gasteiger partial charge in [0.1, 0.15) is 11.9 Å². The van der Waals surface area contributed by atoms with Crippen LogP contribution in [-0.2, 0) is 9.59 Å². The van der Waals surface area contributed by atoms with Gasteiger partial charge in [-0.2, -0.15) is 5.10 Å². The van der Waals surface area contributed by atoms with E-state index in [-0.39, 0.29) is 5.91 Å². The van der Waals surface area contributed by atoms with E-state index in [4.69, 9.17) is 0 Å². The van der Waals surface area contributed by atoms with Crippen molar-refractivity contribution in [2.75, 3.05) is 10.6 Å². The number of halogens is 1. The molecule has 1 atom stereocenters. The van der Waals surface area contributed by atoms with Crippen molar-refractivity contribution in [1.82, 2.24) is 9.78 Å². The molecule has 0 unspecified atom stereocenters. The standard InChI is InChI=1S/C22H21FN4O3/c1-13-4-5-16(12-20(13)24-15(3)28)19-10-11-21(29)27(26-19)14(2)22(30)25-18-8-6-17(23)7-9-18/h4-12,14H,1-3H3,(H,24,28)(H,25,30)/t14-/m0/s1. The van der Waals surface area contributed by atoms with Gasteiger partial charge in [0.25, 0.3) is 5.56 Å². The number of hydrogen-bond donors (Lipinski definition) is 2. The summed E-state index contributed by atoms with van der Waals surface area (Å²) < 4.78 is 14.1. The van der Waals surface area contributed by atoms with Gasteiger partial charge in [-0.1, -0.05) is 12.1 Å². The van der Waals surface area contributed by atoms with Crippen molar-refractivity contribution in [3.8, 4) is 11.3 Å². The van der Waals surface area contributed by atoms with Crippen LogP contribution in [-0.4, -0.2) is 21.6 Å². The molecule has 154 valence electrons. The molecule has 7 nitrogen and oxygen atoms in total. The normalized spacial score (nSPS) is 11.6. The molecule has 0 bridgehead atoms. The first-order chi connectivity index (χ1) is 14.2. The Morgan fingerprint density at radius 2 is 1.73 bits per heavy atom. The number of hydrogen-bond acceptors (Lipinski definition) is 4. The van der Waals surface area contributed by atoms with Gasteiger partial charge in [-0.15, -0.1) is 0 Å². The number of nitrogens with zero attached hydrogens (tertiary/aromatic N) is 2. The quantitative estimate of drug-likeness (QED) is 0.676. The zero-order chi connectivity index (χ0) is 21.8. The second kappa shape index (κ2) is 8.69. The molecule has 0 saturated heterocycles. The largest absolute Gasteiger partial charge is 0.326 e. The van der Waals surface area contributed by atoms with Crippen LogP contribution in [0, 0.1) is 12.7 Å². The Kier molecular flexibility index (Phi) is 6.06. The molecule has 1 heterocycles. The van der Waals surface area contributed by atoms with E-state index in [1.807, 2.05) is 19.1 Å². The Morgan fingerprint density at radius 1 is 1.03 bits per heavy atom. The third-order valence-electron chi connectivity index (χ3n) is 4.53.